The number of benzene rings is 1. The van der Waals surface area contributed by atoms with E-state index in [-0.39, 0.29) is 22.8 Å². The van der Waals surface area contributed by atoms with E-state index in [1.54, 1.807) is 25.1 Å². The number of rotatable bonds is 4. The van der Waals surface area contributed by atoms with Crippen molar-refractivity contribution in [2.45, 2.75) is 83.0 Å². The summed E-state index contributed by atoms with van der Waals surface area (Å²) in [5.41, 5.74) is 0.320. The van der Waals surface area contributed by atoms with Crippen molar-refractivity contribution < 1.29 is 18.0 Å². The highest BCUT2D eigenvalue weighted by atomic mass is 35.5. The normalized spacial score (nSPS) is 25.0. The molecule has 2 fully saturated rings. The van der Waals surface area contributed by atoms with E-state index in [0.29, 0.717) is 33.7 Å². The Morgan fingerprint density at radius 2 is 1.73 bits per heavy atom. The molecule has 2 aromatic rings. The highest BCUT2D eigenvalue weighted by Gasteiger charge is 2.41. The lowest BCUT2D eigenvalue weighted by atomic mass is 9.71. The summed E-state index contributed by atoms with van der Waals surface area (Å²) in [7, 11) is 0. The molecular formula is C27H31Cl2F3N4O. The molecule has 37 heavy (non-hydrogen) atoms. The van der Waals surface area contributed by atoms with E-state index in [9.17, 15) is 18.0 Å². The van der Waals surface area contributed by atoms with Gasteiger partial charge in [0, 0.05) is 17.8 Å². The Kier molecular flexibility index (Phi) is 7.51. The van der Waals surface area contributed by atoms with E-state index in [1.165, 1.54) is 43.2 Å². The number of allylic oxidation sites excluding steroid dienone is 1. The first-order chi connectivity index (χ1) is 17.6. The Hall–Kier alpha value is -2.19. The number of carbonyl (C=O) groups excluding carboxylic acids is 1. The average Bonchev–Trinajstić information content (AvgIpc) is 3.30. The predicted molar refractivity (Wildman–Crippen MR) is 139 cm³/mol. The van der Waals surface area contributed by atoms with Gasteiger partial charge >= 0.3 is 6.18 Å². The first-order valence-electron chi connectivity index (χ1n) is 13.0. The van der Waals surface area contributed by atoms with Gasteiger partial charge in [0.15, 0.2) is 5.69 Å². The smallest absolute Gasteiger partial charge is 0.349 e. The number of carbonyl (C=O) groups is 1. The van der Waals surface area contributed by atoms with Gasteiger partial charge in [-0.05, 0) is 49.3 Å². The van der Waals surface area contributed by atoms with Crippen molar-refractivity contribution in [2.24, 2.45) is 11.8 Å². The van der Waals surface area contributed by atoms with Crippen LogP contribution in [-0.4, -0.2) is 21.7 Å². The molecule has 5 nitrogen and oxygen atoms in total. The third kappa shape index (κ3) is 5.37. The standard InChI is InChI=1S/C27H31Cl2F3N4O/c1-15-24(26(37)34-21-10-6-5-9-18(21)16-7-3-2-4-8-16)25(17-11-12-19(28)20(29)13-17)36-23(33-15)14-22(35-36)27(30,31)32/h11-14,16,18,21,25,33H,2-10H2,1H3,(H,34,37). The zero-order chi connectivity index (χ0) is 26.3. The van der Waals surface area contributed by atoms with Crippen LogP contribution in [0.2, 0.25) is 10.0 Å². The second kappa shape index (κ2) is 10.5. The molecule has 0 spiro atoms. The van der Waals surface area contributed by atoms with Crippen molar-refractivity contribution in [1.29, 1.82) is 0 Å². The van der Waals surface area contributed by atoms with Crippen molar-refractivity contribution in [3.63, 3.8) is 0 Å². The van der Waals surface area contributed by atoms with Gasteiger partial charge in [0.1, 0.15) is 11.9 Å². The minimum absolute atomic E-state index is 0.0452. The SMILES string of the molecule is CC1=C(C(=O)NC2CCCCC2C2CCCCC2)C(c2ccc(Cl)c(Cl)c2)n2nc(C(F)(F)F)cc2N1. The van der Waals surface area contributed by atoms with Crippen LogP contribution in [0.1, 0.15) is 82.0 Å². The van der Waals surface area contributed by atoms with E-state index in [1.807, 2.05) is 0 Å². The van der Waals surface area contributed by atoms with Crippen LogP contribution in [0.5, 0.6) is 0 Å². The Bertz CT molecular complexity index is 1200. The molecule has 1 aromatic carbocycles. The molecule has 3 unspecified atom stereocenters. The van der Waals surface area contributed by atoms with Crippen molar-refractivity contribution >= 4 is 34.9 Å². The van der Waals surface area contributed by atoms with Crippen LogP contribution in [0.25, 0.3) is 0 Å². The number of nitrogens with one attached hydrogen (secondary N) is 2. The maximum Gasteiger partial charge on any atom is 0.435 e. The first-order valence-corrected chi connectivity index (χ1v) is 13.8. The Balaban J connectivity index is 1.50. The number of anilines is 1. The maximum atomic E-state index is 13.9. The van der Waals surface area contributed by atoms with Gasteiger partial charge in [-0.1, -0.05) is 74.2 Å². The summed E-state index contributed by atoms with van der Waals surface area (Å²) < 4.78 is 41.9. The molecule has 0 saturated heterocycles. The van der Waals surface area contributed by atoms with Crippen LogP contribution >= 0.6 is 23.2 Å². The molecule has 200 valence electrons. The van der Waals surface area contributed by atoms with E-state index >= 15 is 0 Å². The van der Waals surface area contributed by atoms with E-state index in [4.69, 9.17) is 23.2 Å². The summed E-state index contributed by atoms with van der Waals surface area (Å²) >= 11 is 12.4. The quantitative estimate of drug-likeness (QED) is 0.406. The zero-order valence-electron chi connectivity index (χ0n) is 20.7. The van der Waals surface area contributed by atoms with Gasteiger partial charge in [-0.3, -0.25) is 4.79 Å². The highest BCUT2D eigenvalue weighted by Crippen LogP contribution is 2.42. The third-order valence-electron chi connectivity index (χ3n) is 8.16. The Morgan fingerprint density at radius 3 is 2.43 bits per heavy atom. The van der Waals surface area contributed by atoms with Crippen molar-refractivity contribution in [2.75, 3.05) is 5.32 Å². The van der Waals surface area contributed by atoms with Crippen molar-refractivity contribution in [3.05, 3.63) is 56.8 Å². The summed E-state index contributed by atoms with van der Waals surface area (Å²) in [4.78, 5) is 13.9. The van der Waals surface area contributed by atoms with Gasteiger partial charge in [0.05, 0.1) is 15.6 Å². The van der Waals surface area contributed by atoms with Gasteiger partial charge in [-0.15, -0.1) is 0 Å². The Morgan fingerprint density at radius 1 is 1.03 bits per heavy atom. The fraction of sp³-hybridized carbons (Fsp3) is 0.556. The highest BCUT2D eigenvalue weighted by molar-refractivity contribution is 6.42. The van der Waals surface area contributed by atoms with Gasteiger partial charge in [0.2, 0.25) is 0 Å². The maximum absolute atomic E-state index is 13.9. The number of fused-ring (bicyclic) bond motifs is 1. The Labute approximate surface area is 224 Å². The molecule has 2 saturated carbocycles. The minimum atomic E-state index is -4.63. The van der Waals surface area contributed by atoms with E-state index in [0.717, 1.165) is 25.3 Å². The summed E-state index contributed by atoms with van der Waals surface area (Å²) in [6, 6.07) is 4.96. The second-order valence-electron chi connectivity index (χ2n) is 10.5. The predicted octanol–water partition coefficient (Wildman–Crippen LogP) is 7.75. The molecule has 2 heterocycles. The minimum Gasteiger partial charge on any atom is -0.349 e. The number of nitrogens with zero attached hydrogens (tertiary/aromatic N) is 2. The fourth-order valence-electron chi connectivity index (χ4n) is 6.41. The summed E-state index contributed by atoms with van der Waals surface area (Å²) in [5.74, 6) is 0.909. The van der Waals surface area contributed by atoms with Crippen LogP contribution in [0, 0.1) is 11.8 Å². The largest absolute Gasteiger partial charge is 0.435 e. The second-order valence-corrected chi connectivity index (χ2v) is 11.3. The summed E-state index contributed by atoms with van der Waals surface area (Å²) in [5, 5.41) is 10.7. The lowest BCUT2D eigenvalue weighted by Gasteiger charge is -2.40. The van der Waals surface area contributed by atoms with Crippen molar-refractivity contribution in [1.82, 2.24) is 15.1 Å². The molecule has 10 heteroatoms. The van der Waals surface area contributed by atoms with Gasteiger partial charge < -0.3 is 10.6 Å². The van der Waals surface area contributed by atoms with Gasteiger partial charge in [-0.25, -0.2) is 4.68 Å². The number of hydrogen-bond acceptors (Lipinski definition) is 3. The molecule has 1 amide bonds. The van der Waals surface area contributed by atoms with Gasteiger partial charge in [0.25, 0.3) is 5.91 Å². The average molecular weight is 555 g/mol. The lowest BCUT2D eigenvalue weighted by molar-refractivity contribution is -0.141. The van der Waals surface area contributed by atoms with Gasteiger partial charge in [-0.2, -0.15) is 18.3 Å². The number of alkyl halides is 3. The number of halogens is 5. The molecule has 1 aromatic heterocycles. The third-order valence-corrected chi connectivity index (χ3v) is 8.90. The molecule has 1 aliphatic heterocycles. The number of aromatic nitrogens is 2. The topological polar surface area (TPSA) is 59.0 Å². The van der Waals surface area contributed by atoms with E-state index in [2.05, 4.69) is 15.7 Å². The number of amides is 1. The molecular weight excluding hydrogens is 524 g/mol. The van der Waals surface area contributed by atoms with Crippen LogP contribution in [0.15, 0.2) is 35.5 Å². The lowest BCUT2D eigenvalue weighted by Crippen LogP contribution is -2.47. The first kappa shape index (κ1) is 26.4. The molecule has 5 rings (SSSR count). The van der Waals surface area contributed by atoms with Crippen LogP contribution in [-0.2, 0) is 11.0 Å². The zero-order valence-corrected chi connectivity index (χ0v) is 22.2. The monoisotopic (exact) mass is 554 g/mol. The van der Waals surface area contributed by atoms with Crippen LogP contribution in [0.3, 0.4) is 0 Å². The molecule has 3 atom stereocenters. The molecule has 2 N–H and O–H groups in total. The van der Waals surface area contributed by atoms with Crippen LogP contribution < -0.4 is 10.6 Å². The molecule has 0 radical (unpaired) electrons. The molecule has 0 bridgehead atoms. The molecule has 2 aliphatic carbocycles. The fourth-order valence-corrected chi connectivity index (χ4v) is 6.71. The summed E-state index contributed by atoms with van der Waals surface area (Å²) in [6.45, 7) is 1.71. The van der Waals surface area contributed by atoms with Crippen LogP contribution in [0.4, 0.5) is 19.0 Å². The van der Waals surface area contributed by atoms with Crippen molar-refractivity contribution in [3.8, 4) is 0 Å². The summed E-state index contributed by atoms with van der Waals surface area (Å²) in [6.07, 6.45) is 5.74. The molecule has 3 aliphatic rings. The van der Waals surface area contributed by atoms with E-state index < -0.39 is 17.9 Å². The number of hydrogen-bond donors (Lipinski definition) is 2.